The fourth-order valence-electron chi connectivity index (χ4n) is 2.70. The fourth-order valence-corrected chi connectivity index (χ4v) is 2.70. The lowest BCUT2D eigenvalue weighted by Crippen LogP contribution is -2.29. The zero-order chi connectivity index (χ0) is 16.9. The summed E-state index contributed by atoms with van der Waals surface area (Å²) in [6.07, 6.45) is 0. The number of rotatable bonds is 6. The Hall–Kier alpha value is -2.66. The van der Waals surface area contributed by atoms with Gasteiger partial charge in [0, 0.05) is 32.1 Å². The molecule has 1 amide bonds. The van der Waals surface area contributed by atoms with Gasteiger partial charge >= 0.3 is 0 Å². The second kappa shape index (κ2) is 7.27. The third-order valence-electron chi connectivity index (χ3n) is 3.92. The van der Waals surface area contributed by atoms with Crippen LogP contribution in [0.2, 0.25) is 0 Å². The van der Waals surface area contributed by atoms with E-state index in [1.165, 1.54) is 18.1 Å². The lowest BCUT2D eigenvalue weighted by Gasteiger charge is -2.06. The number of carbonyl (C=O) groups excluding carboxylic acids is 1. The van der Waals surface area contributed by atoms with Gasteiger partial charge in [-0.15, -0.1) is 0 Å². The van der Waals surface area contributed by atoms with E-state index in [2.05, 4.69) is 46.8 Å². The van der Waals surface area contributed by atoms with Crippen molar-refractivity contribution in [1.82, 2.24) is 20.6 Å². The van der Waals surface area contributed by atoms with Crippen LogP contribution in [0.1, 0.15) is 18.1 Å². The van der Waals surface area contributed by atoms with Crippen molar-refractivity contribution in [2.75, 3.05) is 13.1 Å². The average Bonchev–Trinajstić information content (AvgIpc) is 3.00. The lowest BCUT2D eigenvalue weighted by molar-refractivity contribution is -0.118. The third kappa shape index (κ3) is 3.81. The largest absolute Gasteiger partial charge is 0.355 e. The lowest BCUT2D eigenvalue weighted by atomic mass is 10.1. The molecule has 124 valence electrons. The third-order valence-corrected chi connectivity index (χ3v) is 3.92. The summed E-state index contributed by atoms with van der Waals surface area (Å²) in [4.78, 5) is 18.9. The number of amides is 1. The molecule has 24 heavy (non-hydrogen) atoms. The van der Waals surface area contributed by atoms with Crippen LogP contribution in [0.5, 0.6) is 0 Å². The standard InChI is InChI=1S/C19H22N4O/c1-13-5-3-8-17-18(13)23-19(22-17)16-7-4-6-15(11-16)12-20-9-10-21-14(2)24/h3-8,11,20H,9-10,12H2,1-2H3,(H,21,24)(H,22,23). The summed E-state index contributed by atoms with van der Waals surface area (Å²) in [7, 11) is 0. The van der Waals surface area contributed by atoms with Crippen LogP contribution in [0, 0.1) is 6.92 Å². The number of nitrogens with one attached hydrogen (secondary N) is 3. The van der Waals surface area contributed by atoms with Gasteiger partial charge in [-0.05, 0) is 30.2 Å². The molecule has 0 aliphatic carbocycles. The highest BCUT2D eigenvalue weighted by Crippen LogP contribution is 2.23. The molecule has 0 bridgehead atoms. The molecular formula is C19H22N4O. The normalized spacial score (nSPS) is 10.9. The fraction of sp³-hybridized carbons (Fsp3) is 0.263. The van der Waals surface area contributed by atoms with E-state index in [0.717, 1.165) is 35.5 Å². The highest BCUT2D eigenvalue weighted by Gasteiger charge is 2.07. The molecule has 3 aromatic rings. The Morgan fingerprint density at radius 2 is 2.00 bits per heavy atom. The molecule has 0 atom stereocenters. The van der Waals surface area contributed by atoms with E-state index in [-0.39, 0.29) is 5.91 Å². The van der Waals surface area contributed by atoms with E-state index in [1.807, 2.05) is 18.2 Å². The molecule has 5 heteroatoms. The monoisotopic (exact) mass is 322 g/mol. The maximum atomic E-state index is 10.8. The predicted octanol–water partition coefficient (Wildman–Crippen LogP) is 2.76. The van der Waals surface area contributed by atoms with Gasteiger partial charge in [-0.3, -0.25) is 4.79 Å². The summed E-state index contributed by atoms with van der Waals surface area (Å²) in [6, 6.07) is 14.5. The van der Waals surface area contributed by atoms with Gasteiger partial charge in [0.15, 0.2) is 0 Å². The Balaban J connectivity index is 1.70. The molecule has 5 nitrogen and oxygen atoms in total. The molecule has 0 unspecified atom stereocenters. The number of carbonyl (C=O) groups is 1. The molecule has 3 rings (SSSR count). The van der Waals surface area contributed by atoms with Crippen molar-refractivity contribution in [3.63, 3.8) is 0 Å². The van der Waals surface area contributed by atoms with Crippen molar-refractivity contribution in [2.24, 2.45) is 0 Å². The first kappa shape index (κ1) is 16.2. The number of para-hydroxylation sites is 1. The summed E-state index contributed by atoms with van der Waals surface area (Å²) >= 11 is 0. The number of benzene rings is 2. The maximum Gasteiger partial charge on any atom is 0.216 e. The number of hydrogen-bond donors (Lipinski definition) is 3. The number of aromatic amines is 1. The number of hydrogen-bond acceptors (Lipinski definition) is 3. The minimum atomic E-state index is -0.000948. The van der Waals surface area contributed by atoms with Crippen molar-refractivity contribution in [3.05, 3.63) is 53.6 Å². The van der Waals surface area contributed by atoms with E-state index in [9.17, 15) is 4.79 Å². The van der Waals surface area contributed by atoms with Crippen LogP contribution in [0.3, 0.4) is 0 Å². The van der Waals surface area contributed by atoms with Crippen LogP contribution in [-0.4, -0.2) is 29.0 Å². The van der Waals surface area contributed by atoms with Crippen LogP contribution >= 0.6 is 0 Å². The molecule has 0 aliphatic heterocycles. The van der Waals surface area contributed by atoms with E-state index in [0.29, 0.717) is 6.54 Å². The maximum absolute atomic E-state index is 10.8. The van der Waals surface area contributed by atoms with Crippen LogP contribution in [-0.2, 0) is 11.3 Å². The van der Waals surface area contributed by atoms with E-state index < -0.39 is 0 Å². The molecule has 0 radical (unpaired) electrons. The van der Waals surface area contributed by atoms with Gasteiger partial charge in [0.25, 0.3) is 0 Å². The van der Waals surface area contributed by atoms with E-state index in [1.54, 1.807) is 0 Å². The number of H-pyrrole nitrogens is 1. The van der Waals surface area contributed by atoms with Crippen molar-refractivity contribution in [1.29, 1.82) is 0 Å². The van der Waals surface area contributed by atoms with Gasteiger partial charge in [0.05, 0.1) is 11.0 Å². The zero-order valence-electron chi connectivity index (χ0n) is 14.0. The predicted molar refractivity (Wildman–Crippen MR) is 96.7 cm³/mol. The van der Waals surface area contributed by atoms with Crippen LogP contribution < -0.4 is 10.6 Å². The van der Waals surface area contributed by atoms with Crippen LogP contribution in [0.4, 0.5) is 0 Å². The number of nitrogens with zero attached hydrogens (tertiary/aromatic N) is 1. The van der Waals surface area contributed by atoms with Crippen molar-refractivity contribution >= 4 is 16.9 Å². The van der Waals surface area contributed by atoms with Crippen molar-refractivity contribution in [2.45, 2.75) is 20.4 Å². The SMILES string of the molecule is CC(=O)NCCNCc1cccc(-c2nc3c(C)cccc3[nH]2)c1. The van der Waals surface area contributed by atoms with E-state index >= 15 is 0 Å². The highest BCUT2D eigenvalue weighted by molar-refractivity contribution is 5.82. The second-order valence-electron chi connectivity index (χ2n) is 5.92. The first-order valence-electron chi connectivity index (χ1n) is 8.13. The Morgan fingerprint density at radius 3 is 2.79 bits per heavy atom. The van der Waals surface area contributed by atoms with Gasteiger partial charge in [0.2, 0.25) is 5.91 Å². The number of aromatic nitrogens is 2. The van der Waals surface area contributed by atoms with Gasteiger partial charge < -0.3 is 15.6 Å². The van der Waals surface area contributed by atoms with Gasteiger partial charge in [-0.2, -0.15) is 0 Å². The Morgan fingerprint density at radius 1 is 1.17 bits per heavy atom. The zero-order valence-corrected chi connectivity index (χ0v) is 14.0. The molecule has 1 heterocycles. The number of fused-ring (bicyclic) bond motifs is 1. The summed E-state index contributed by atoms with van der Waals surface area (Å²) in [6.45, 7) is 5.74. The minimum Gasteiger partial charge on any atom is -0.355 e. The second-order valence-corrected chi connectivity index (χ2v) is 5.92. The Labute approximate surface area is 141 Å². The first-order valence-corrected chi connectivity index (χ1v) is 8.13. The molecule has 0 saturated heterocycles. The Kier molecular flexibility index (Phi) is 4.91. The molecule has 0 fully saturated rings. The quantitative estimate of drug-likeness (QED) is 0.611. The van der Waals surface area contributed by atoms with E-state index in [4.69, 9.17) is 4.98 Å². The molecule has 0 saturated carbocycles. The summed E-state index contributed by atoms with van der Waals surface area (Å²) in [5.41, 5.74) is 5.51. The topological polar surface area (TPSA) is 69.8 Å². The molecule has 1 aromatic heterocycles. The van der Waals surface area contributed by atoms with Gasteiger partial charge in [-0.1, -0.05) is 30.3 Å². The van der Waals surface area contributed by atoms with Crippen molar-refractivity contribution in [3.8, 4) is 11.4 Å². The summed E-state index contributed by atoms with van der Waals surface area (Å²) in [5.74, 6) is 0.887. The summed E-state index contributed by atoms with van der Waals surface area (Å²) < 4.78 is 0. The minimum absolute atomic E-state index is 0.000948. The highest BCUT2D eigenvalue weighted by atomic mass is 16.1. The Bertz CT molecular complexity index is 853. The molecule has 0 spiro atoms. The van der Waals surface area contributed by atoms with Gasteiger partial charge in [0.1, 0.15) is 5.82 Å². The van der Waals surface area contributed by atoms with Gasteiger partial charge in [-0.25, -0.2) is 4.98 Å². The molecule has 3 N–H and O–H groups in total. The molecular weight excluding hydrogens is 300 g/mol. The smallest absolute Gasteiger partial charge is 0.216 e. The molecule has 0 aliphatic rings. The first-order chi connectivity index (χ1) is 11.6. The summed E-state index contributed by atoms with van der Waals surface area (Å²) in [5, 5.41) is 6.10. The number of aryl methyl sites for hydroxylation is 1. The van der Waals surface area contributed by atoms with Crippen molar-refractivity contribution < 1.29 is 4.79 Å². The number of imidazole rings is 1. The van der Waals surface area contributed by atoms with Crippen LogP contribution in [0.15, 0.2) is 42.5 Å². The van der Waals surface area contributed by atoms with Crippen LogP contribution in [0.25, 0.3) is 22.4 Å². The molecule has 2 aromatic carbocycles. The average molecular weight is 322 g/mol.